The molecular weight excluding hydrogens is 770 g/mol. The van der Waals surface area contributed by atoms with Crippen LogP contribution in [0.4, 0.5) is 0 Å². The molecule has 6 aliphatic heterocycles. The van der Waals surface area contributed by atoms with Gasteiger partial charge in [-0.3, -0.25) is 14.4 Å². The maximum atomic E-state index is 14.0. The van der Waals surface area contributed by atoms with Crippen molar-refractivity contribution in [3.8, 4) is 0 Å². The number of esters is 5. The van der Waals surface area contributed by atoms with Crippen molar-refractivity contribution in [3.05, 3.63) is 69.9 Å². The Bertz CT molecular complexity index is 2080. The number of fused-ring (bicyclic) bond motifs is 6. The van der Waals surface area contributed by atoms with Gasteiger partial charge >= 0.3 is 29.8 Å². The molecule has 58 heavy (non-hydrogen) atoms. The Balaban J connectivity index is 1.23. The standard InChI is InChI=1S/C38H41N3O17/c1-18-19-7-10-36(56-19,26(18)31(46)53-4)15-39-22(42)13-35(50,34(49)41-17-38-12-9-21(58-38)25(30(45)52-3)28(38)33(48)55-6)14-23(43)40-16-37-11-8-20(57-37)24(29(44)51-2)27(37)32(47)54-5/h7-12,19-21,50H,13-17H2,1-6H3,(H,39,42)(H,40,43)(H,41,49). The van der Waals surface area contributed by atoms with Gasteiger partial charge in [0.1, 0.15) is 29.0 Å². The van der Waals surface area contributed by atoms with E-state index < -0.39 is 114 Å². The molecule has 3 amide bonds. The molecule has 0 spiro atoms. The van der Waals surface area contributed by atoms with Crippen LogP contribution >= 0.6 is 0 Å². The number of carbonyl (C=O) groups is 8. The third kappa shape index (κ3) is 6.80. The number of carbonyl (C=O) groups excluding carboxylic acids is 8. The highest BCUT2D eigenvalue weighted by atomic mass is 16.6. The molecule has 6 rings (SSSR count). The summed E-state index contributed by atoms with van der Waals surface area (Å²) >= 11 is 0. The first-order chi connectivity index (χ1) is 27.5. The molecule has 6 aliphatic rings. The largest absolute Gasteiger partial charge is 0.466 e. The Morgan fingerprint density at radius 3 is 1.33 bits per heavy atom. The van der Waals surface area contributed by atoms with Gasteiger partial charge in [0.05, 0.1) is 102 Å². The summed E-state index contributed by atoms with van der Waals surface area (Å²) in [5.41, 5.74) is -7.75. The van der Waals surface area contributed by atoms with Crippen LogP contribution in [0.15, 0.2) is 69.9 Å². The number of ether oxygens (including phenoxy) is 8. The smallest absolute Gasteiger partial charge is 0.337 e. The molecule has 7 unspecified atom stereocenters. The lowest BCUT2D eigenvalue weighted by molar-refractivity contribution is -0.151. The Labute approximate surface area is 330 Å². The average Bonchev–Trinajstić information content (AvgIpc) is 4.08. The average molecular weight is 812 g/mol. The van der Waals surface area contributed by atoms with E-state index in [1.807, 2.05) is 0 Å². The summed E-state index contributed by atoms with van der Waals surface area (Å²) in [7, 11) is 5.56. The zero-order valence-corrected chi connectivity index (χ0v) is 32.2. The molecule has 0 aromatic carbocycles. The van der Waals surface area contributed by atoms with Gasteiger partial charge in [-0.25, -0.2) is 24.0 Å². The summed E-state index contributed by atoms with van der Waals surface area (Å²) in [5, 5.41) is 19.5. The summed E-state index contributed by atoms with van der Waals surface area (Å²) < 4.78 is 42.1. The van der Waals surface area contributed by atoms with Crippen molar-refractivity contribution in [1.29, 1.82) is 0 Å². The van der Waals surface area contributed by atoms with Gasteiger partial charge in [0.25, 0.3) is 5.91 Å². The van der Waals surface area contributed by atoms with E-state index in [-0.39, 0.29) is 34.4 Å². The molecule has 0 fully saturated rings. The Morgan fingerprint density at radius 1 is 0.569 bits per heavy atom. The molecule has 0 saturated heterocycles. The number of hydrogen-bond donors (Lipinski definition) is 4. The number of rotatable bonds is 16. The SMILES string of the molecule is COC(=O)C1=C(C(=O)OC)C2(CNC(=O)CC(O)(CC(=O)NCC34C=CC(O3)C(C)=C4C(=O)OC)C(=O)NCC34C=CC(O3)C(C(=O)OC)=C4C(=O)OC)C=CC1O2. The van der Waals surface area contributed by atoms with E-state index in [9.17, 15) is 43.5 Å². The van der Waals surface area contributed by atoms with Crippen LogP contribution in [0, 0.1) is 0 Å². The van der Waals surface area contributed by atoms with Gasteiger partial charge in [0, 0.05) is 0 Å². The quantitative estimate of drug-likeness (QED) is 0.0728. The van der Waals surface area contributed by atoms with Crippen LogP contribution in [-0.4, -0.2) is 149 Å². The summed E-state index contributed by atoms with van der Waals surface area (Å²) in [5.74, 6) is -7.58. The monoisotopic (exact) mass is 811 g/mol. The molecule has 6 bridgehead atoms. The van der Waals surface area contributed by atoms with Crippen LogP contribution < -0.4 is 16.0 Å². The van der Waals surface area contributed by atoms with Gasteiger partial charge in [-0.05, 0) is 30.7 Å². The Morgan fingerprint density at radius 2 is 0.914 bits per heavy atom. The highest BCUT2D eigenvalue weighted by molar-refractivity contribution is 6.06. The van der Waals surface area contributed by atoms with Crippen molar-refractivity contribution in [3.63, 3.8) is 0 Å². The van der Waals surface area contributed by atoms with Crippen molar-refractivity contribution < 1.29 is 81.4 Å². The number of amides is 3. The first kappa shape index (κ1) is 41.7. The van der Waals surface area contributed by atoms with Gasteiger partial charge in [-0.2, -0.15) is 0 Å². The fourth-order valence-corrected chi connectivity index (χ4v) is 7.97. The molecule has 0 aromatic heterocycles. The lowest BCUT2D eigenvalue weighted by Gasteiger charge is -2.31. The molecule has 7 atom stereocenters. The summed E-state index contributed by atoms with van der Waals surface area (Å²) in [6, 6.07) is 0. The van der Waals surface area contributed by atoms with Gasteiger partial charge in [-0.1, -0.05) is 18.2 Å². The summed E-state index contributed by atoms with van der Waals surface area (Å²) in [6.07, 6.45) is 4.38. The lowest BCUT2D eigenvalue weighted by atomic mass is 9.85. The Hall–Kier alpha value is -5.96. The third-order valence-corrected chi connectivity index (χ3v) is 10.7. The van der Waals surface area contributed by atoms with Gasteiger partial charge < -0.3 is 59.0 Å². The van der Waals surface area contributed by atoms with E-state index >= 15 is 0 Å². The molecule has 6 heterocycles. The number of aliphatic hydroxyl groups is 1. The molecule has 0 radical (unpaired) electrons. The molecule has 310 valence electrons. The van der Waals surface area contributed by atoms with E-state index in [0.29, 0.717) is 5.57 Å². The number of hydrogen-bond acceptors (Lipinski definition) is 17. The minimum absolute atomic E-state index is 0.138. The van der Waals surface area contributed by atoms with Crippen molar-refractivity contribution in [1.82, 2.24) is 16.0 Å². The maximum absolute atomic E-state index is 14.0. The van der Waals surface area contributed by atoms with Crippen LogP contribution in [0.5, 0.6) is 0 Å². The first-order valence-corrected chi connectivity index (χ1v) is 17.8. The predicted molar refractivity (Wildman–Crippen MR) is 190 cm³/mol. The van der Waals surface area contributed by atoms with E-state index in [2.05, 4.69) is 16.0 Å². The normalized spacial score (nSPS) is 29.1. The summed E-state index contributed by atoms with van der Waals surface area (Å²) in [4.78, 5) is 105. The van der Waals surface area contributed by atoms with Crippen LogP contribution in [-0.2, 0) is 76.3 Å². The molecule has 0 saturated carbocycles. The number of methoxy groups -OCH3 is 5. The highest BCUT2D eigenvalue weighted by Gasteiger charge is 2.57. The van der Waals surface area contributed by atoms with Gasteiger partial charge in [-0.15, -0.1) is 0 Å². The van der Waals surface area contributed by atoms with Crippen LogP contribution in [0.2, 0.25) is 0 Å². The second kappa shape index (κ2) is 15.4. The van der Waals surface area contributed by atoms with Crippen LogP contribution in [0.1, 0.15) is 19.8 Å². The molecular formula is C38H41N3O17. The van der Waals surface area contributed by atoms with Gasteiger partial charge in [0.2, 0.25) is 11.8 Å². The van der Waals surface area contributed by atoms with Crippen molar-refractivity contribution >= 4 is 47.6 Å². The zero-order chi connectivity index (χ0) is 42.4. The summed E-state index contributed by atoms with van der Waals surface area (Å²) in [6.45, 7) is 0.275. The second-order valence-corrected chi connectivity index (χ2v) is 14.1. The topological polar surface area (TPSA) is 267 Å². The molecule has 0 aliphatic carbocycles. The van der Waals surface area contributed by atoms with E-state index in [1.54, 1.807) is 19.1 Å². The van der Waals surface area contributed by atoms with E-state index in [4.69, 9.17) is 37.9 Å². The van der Waals surface area contributed by atoms with E-state index in [1.165, 1.54) is 31.4 Å². The highest BCUT2D eigenvalue weighted by Crippen LogP contribution is 2.46. The minimum atomic E-state index is -2.83. The predicted octanol–water partition coefficient (Wildman–Crippen LogP) is -2.26. The number of nitrogens with one attached hydrogen (secondary N) is 3. The first-order valence-electron chi connectivity index (χ1n) is 17.8. The molecule has 0 aromatic rings. The molecule has 20 heteroatoms. The fourth-order valence-electron chi connectivity index (χ4n) is 7.97. The zero-order valence-electron chi connectivity index (χ0n) is 32.2. The molecule has 20 nitrogen and oxygen atoms in total. The third-order valence-electron chi connectivity index (χ3n) is 10.7. The minimum Gasteiger partial charge on any atom is -0.466 e. The van der Waals surface area contributed by atoms with Gasteiger partial charge in [0.15, 0.2) is 5.60 Å². The fraction of sp³-hybridized carbons (Fsp3) is 0.474. The van der Waals surface area contributed by atoms with Crippen molar-refractivity contribution in [2.75, 3.05) is 55.2 Å². The second-order valence-electron chi connectivity index (χ2n) is 14.1. The van der Waals surface area contributed by atoms with E-state index in [0.717, 1.165) is 28.4 Å². The molecule has 4 N–H and O–H groups in total. The van der Waals surface area contributed by atoms with Crippen LogP contribution in [0.25, 0.3) is 0 Å². The lowest BCUT2D eigenvalue weighted by Crippen LogP contribution is -2.56. The van der Waals surface area contributed by atoms with Crippen LogP contribution in [0.3, 0.4) is 0 Å². The maximum Gasteiger partial charge on any atom is 0.337 e. The Kier molecular flexibility index (Phi) is 11.1. The van der Waals surface area contributed by atoms with Crippen molar-refractivity contribution in [2.24, 2.45) is 0 Å². The van der Waals surface area contributed by atoms with Crippen molar-refractivity contribution in [2.45, 2.75) is 60.5 Å².